The highest BCUT2D eigenvalue weighted by Gasteiger charge is 2.38. The molecule has 18 heavy (non-hydrogen) atoms. The van der Waals surface area contributed by atoms with Crippen LogP contribution in [0.2, 0.25) is 0 Å². The lowest BCUT2D eigenvalue weighted by Gasteiger charge is -2.36. The van der Waals surface area contributed by atoms with E-state index in [2.05, 4.69) is 30.2 Å². The number of nitriles is 1. The molecule has 0 atom stereocenters. The van der Waals surface area contributed by atoms with E-state index in [9.17, 15) is 0 Å². The van der Waals surface area contributed by atoms with Crippen molar-refractivity contribution in [1.82, 2.24) is 10.3 Å². The number of pyridine rings is 1. The van der Waals surface area contributed by atoms with E-state index in [1.54, 1.807) is 0 Å². The maximum absolute atomic E-state index is 9.10. The number of ether oxygens (including phenoxy) is 1. The quantitative estimate of drug-likeness (QED) is 0.854. The Morgan fingerprint density at radius 1 is 1.44 bits per heavy atom. The summed E-state index contributed by atoms with van der Waals surface area (Å²) >= 11 is 0. The molecule has 0 spiro atoms. The van der Waals surface area contributed by atoms with Crippen LogP contribution in [0.15, 0.2) is 24.5 Å². The molecule has 1 aliphatic rings. The largest absolute Gasteiger partial charge is 0.378 e. The van der Waals surface area contributed by atoms with Gasteiger partial charge in [-0.05, 0) is 17.7 Å². The molecule has 0 saturated carbocycles. The molecule has 0 radical (unpaired) electrons. The molecule has 2 rings (SSSR count). The molecule has 1 aromatic heterocycles. The van der Waals surface area contributed by atoms with Gasteiger partial charge in [-0.3, -0.25) is 4.98 Å². The lowest BCUT2D eigenvalue weighted by molar-refractivity contribution is -0.0756. The molecule has 0 bridgehead atoms. The first-order valence-corrected chi connectivity index (χ1v) is 6.18. The summed E-state index contributed by atoms with van der Waals surface area (Å²) in [5, 5.41) is 12.5. The van der Waals surface area contributed by atoms with E-state index in [0.29, 0.717) is 19.8 Å². The molecular formula is C14H19N3O. The Morgan fingerprint density at radius 3 is 2.61 bits per heavy atom. The van der Waals surface area contributed by atoms with Crippen LogP contribution in [-0.2, 0) is 10.2 Å². The van der Waals surface area contributed by atoms with Crippen molar-refractivity contribution in [2.24, 2.45) is 5.41 Å². The first kappa shape index (κ1) is 13.0. The van der Waals surface area contributed by atoms with Gasteiger partial charge in [0.2, 0.25) is 0 Å². The second-order valence-electron chi connectivity index (χ2n) is 5.61. The number of hydrogen-bond donors (Lipinski definition) is 1. The van der Waals surface area contributed by atoms with Crippen molar-refractivity contribution in [3.63, 3.8) is 0 Å². The van der Waals surface area contributed by atoms with E-state index < -0.39 is 0 Å². The van der Waals surface area contributed by atoms with Crippen molar-refractivity contribution < 1.29 is 4.74 Å². The Hall–Kier alpha value is -1.44. The van der Waals surface area contributed by atoms with Crippen molar-refractivity contribution in [2.75, 3.05) is 26.3 Å². The Morgan fingerprint density at radius 2 is 2.11 bits per heavy atom. The zero-order valence-electron chi connectivity index (χ0n) is 10.9. The van der Waals surface area contributed by atoms with Crippen molar-refractivity contribution in [1.29, 1.82) is 5.26 Å². The maximum atomic E-state index is 9.10. The third-order valence-corrected chi connectivity index (χ3v) is 3.49. The molecule has 0 unspecified atom stereocenters. The van der Waals surface area contributed by atoms with E-state index in [1.165, 1.54) is 5.56 Å². The first-order valence-electron chi connectivity index (χ1n) is 6.18. The zero-order chi connectivity index (χ0) is 13.1. The molecule has 0 aliphatic carbocycles. The highest BCUT2D eigenvalue weighted by Crippen LogP contribution is 2.26. The smallest absolute Gasteiger partial charge is 0.116 e. The van der Waals surface area contributed by atoms with Gasteiger partial charge in [0, 0.05) is 30.9 Å². The van der Waals surface area contributed by atoms with Crippen LogP contribution >= 0.6 is 0 Å². The fourth-order valence-corrected chi connectivity index (χ4v) is 2.07. The minimum Gasteiger partial charge on any atom is -0.378 e. The van der Waals surface area contributed by atoms with Crippen molar-refractivity contribution in [3.05, 3.63) is 30.1 Å². The third kappa shape index (κ3) is 2.69. The molecule has 1 N–H and O–H groups in total. The Bertz CT molecular complexity index is 432. The van der Waals surface area contributed by atoms with Crippen LogP contribution in [0, 0.1) is 16.7 Å². The molecule has 1 saturated heterocycles. The molecule has 1 fully saturated rings. The van der Waals surface area contributed by atoms with Crippen LogP contribution in [0.4, 0.5) is 0 Å². The minimum absolute atomic E-state index is 0.0319. The van der Waals surface area contributed by atoms with Gasteiger partial charge in [-0.2, -0.15) is 5.26 Å². The number of nitrogens with zero attached hydrogens (tertiary/aromatic N) is 2. The third-order valence-electron chi connectivity index (χ3n) is 3.49. The van der Waals surface area contributed by atoms with Crippen molar-refractivity contribution >= 4 is 0 Å². The molecule has 0 amide bonds. The summed E-state index contributed by atoms with van der Waals surface area (Å²) in [6.07, 6.45) is 3.63. The summed E-state index contributed by atoms with van der Waals surface area (Å²) in [7, 11) is 0. The lowest BCUT2D eigenvalue weighted by atomic mass is 9.84. The van der Waals surface area contributed by atoms with E-state index in [4.69, 9.17) is 10.00 Å². The summed E-state index contributed by atoms with van der Waals surface area (Å²) in [5.41, 5.74) is 0.972. The number of nitrogens with one attached hydrogen (secondary N) is 1. The van der Waals surface area contributed by atoms with E-state index in [0.717, 1.165) is 6.54 Å². The van der Waals surface area contributed by atoms with Crippen LogP contribution in [0.25, 0.3) is 0 Å². The van der Waals surface area contributed by atoms with E-state index in [1.807, 2.05) is 24.5 Å². The summed E-state index contributed by atoms with van der Waals surface area (Å²) in [6, 6.07) is 6.42. The summed E-state index contributed by atoms with van der Waals surface area (Å²) in [6.45, 7) is 6.99. The fraction of sp³-hybridized carbons (Fsp3) is 0.571. The first-order chi connectivity index (χ1) is 8.58. The van der Waals surface area contributed by atoms with Gasteiger partial charge in [-0.1, -0.05) is 13.8 Å². The van der Waals surface area contributed by atoms with Gasteiger partial charge in [-0.25, -0.2) is 0 Å². The maximum Gasteiger partial charge on any atom is 0.116 e. The molecule has 1 aromatic rings. The van der Waals surface area contributed by atoms with Crippen LogP contribution in [0.1, 0.15) is 19.4 Å². The Labute approximate surface area is 108 Å². The predicted molar refractivity (Wildman–Crippen MR) is 69.0 cm³/mol. The second kappa shape index (κ2) is 5.05. The molecule has 1 aliphatic heterocycles. The molecule has 4 nitrogen and oxygen atoms in total. The van der Waals surface area contributed by atoms with E-state index >= 15 is 0 Å². The highest BCUT2D eigenvalue weighted by atomic mass is 16.5. The van der Waals surface area contributed by atoms with Gasteiger partial charge < -0.3 is 10.1 Å². The van der Waals surface area contributed by atoms with Gasteiger partial charge in [0.05, 0.1) is 19.3 Å². The van der Waals surface area contributed by atoms with Gasteiger partial charge in [0.15, 0.2) is 0 Å². The predicted octanol–water partition coefficient (Wildman–Crippen LogP) is 1.49. The van der Waals surface area contributed by atoms with Gasteiger partial charge in [0.25, 0.3) is 0 Å². The van der Waals surface area contributed by atoms with Crippen LogP contribution in [0.5, 0.6) is 0 Å². The van der Waals surface area contributed by atoms with Crippen LogP contribution in [-0.4, -0.2) is 31.3 Å². The molecule has 4 heteroatoms. The average Bonchev–Trinajstić information content (AvgIpc) is 2.34. The average molecular weight is 245 g/mol. The lowest BCUT2D eigenvalue weighted by Crippen LogP contribution is -2.50. The monoisotopic (exact) mass is 245 g/mol. The second-order valence-corrected chi connectivity index (χ2v) is 5.61. The topological polar surface area (TPSA) is 57.9 Å². The van der Waals surface area contributed by atoms with Gasteiger partial charge in [-0.15, -0.1) is 0 Å². The minimum atomic E-state index is -0.311. The number of rotatable bonds is 5. The number of hydrogen-bond acceptors (Lipinski definition) is 4. The molecular weight excluding hydrogens is 226 g/mol. The van der Waals surface area contributed by atoms with Gasteiger partial charge >= 0.3 is 0 Å². The van der Waals surface area contributed by atoms with E-state index in [-0.39, 0.29) is 10.8 Å². The highest BCUT2D eigenvalue weighted by molar-refractivity contribution is 5.21. The standard InChI is InChI=1S/C14H19N3O/c1-13(2,12-3-5-16-6-4-12)8-17-9-14(7-15)10-18-11-14/h3-6,17H,8-11H2,1-2H3. The van der Waals surface area contributed by atoms with Gasteiger partial charge in [0.1, 0.15) is 5.41 Å². The summed E-state index contributed by atoms with van der Waals surface area (Å²) in [5.74, 6) is 0. The van der Waals surface area contributed by atoms with Crippen LogP contribution < -0.4 is 5.32 Å². The number of aromatic nitrogens is 1. The molecule has 2 heterocycles. The Kier molecular flexibility index (Phi) is 3.65. The SMILES string of the molecule is CC(C)(CNCC1(C#N)COC1)c1ccncc1. The molecule has 0 aromatic carbocycles. The van der Waals surface area contributed by atoms with Crippen LogP contribution in [0.3, 0.4) is 0 Å². The summed E-state index contributed by atoms with van der Waals surface area (Å²) < 4.78 is 5.13. The van der Waals surface area contributed by atoms with Crippen molar-refractivity contribution in [2.45, 2.75) is 19.3 Å². The molecule has 96 valence electrons. The zero-order valence-corrected chi connectivity index (χ0v) is 10.9. The normalized spacial score (nSPS) is 17.8. The fourth-order valence-electron chi connectivity index (χ4n) is 2.07. The summed E-state index contributed by atoms with van der Waals surface area (Å²) in [4.78, 5) is 4.03. The van der Waals surface area contributed by atoms with Crippen molar-refractivity contribution in [3.8, 4) is 6.07 Å². The Balaban J connectivity index is 1.88.